The number of hydrogen-bond acceptors (Lipinski definition) is 7. The van der Waals surface area contributed by atoms with Crippen molar-refractivity contribution < 1.29 is 28.9 Å². The highest BCUT2D eigenvalue weighted by atomic mass is 32.1. The fourth-order valence-electron chi connectivity index (χ4n) is 4.72. The third-order valence-corrected chi connectivity index (χ3v) is 7.53. The SMILES string of the molecule is COc1ccc2[nH]cc(CCN3C(=O)C(=O)C(=C(O)c4ccc(OC)c(OC)c4)[C@@H]3c3cccs3)c2c1. The fourth-order valence-corrected chi connectivity index (χ4v) is 5.57. The van der Waals surface area contributed by atoms with Crippen LogP contribution in [0.15, 0.2) is 65.7 Å². The minimum absolute atomic E-state index is 0.0558. The summed E-state index contributed by atoms with van der Waals surface area (Å²) in [6, 6.07) is 13.7. The molecule has 9 heteroatoms. The standard InChI is InChI=1S/C28H26N2O6S/c1-34-18-7-8-20-19(14-18)17(15-29-20)10-11-30-25(23-5-4-12-37-23)24(27(32)28(30)33)26(31)16-6-9-21(35-2)22(13-16)36-3/h4-9,12-15,25,29,31H,10-11H2,1-3H3/t25-/m0/s1. The Morgan fingerprint density at radius 1 is 1.03 bits per heavy atom. The van der Waals surface area contributed by atoms with E-state index in [1.165, 1.54) is 25.6 Å². The number of rotatable bonds is 8. The highest BCUT2D eigenvalue weighted by Gasteiger charge is 2.46. The molecule has 8 nitrogen and oxygen atoms in total. The number of aromatic nitrogens is 1. The van der Waals surface area contributed by atoms with Crippen LogP contribution in [0.1, 0.15) is 22.0 Å². The lowest BCUT2D eigenvalue weighted by Gasteiger charge is -2.24. The van der Waals surface area contributed by atoms with Crippen LogP contribution in [0.3, 0.4) is 0 Å². The predicted octanol–water partition coefficient (Wildman–Crippen LogP) is 4.92. The van der Waals surface area contributed by atoms with Crippen molar-refractivity contribution in [2.24, 2.45) is 0 Å². The number of likely N-dealkylation sites (tertiary alicyclic amines) is 1. The summed E-state index contributed by atoms with van der Waals surface area (Å²) in [6.45, 7) is 0.292. The highest BCUT2D eigenvalue weighted by Crippen LogP contribution is 2.42. The quantitative estimate of drug-likeness (QED) is 0.195. The van der Waals surface area contributed by atoms with Crippen LogP contribution in [-0.2, 0) is 16.0 Å². The molecule has 0 radical (unpaired) electrons. The van der Waals surface area contributed by atoms with Gasteiger partial charge in [-0.15, -0.1) is 11.3 Å². The Morgan fingerprint density at radius 3 is 2.54 bits per heavy atom. The van der Waals surface area contributed by atoms with Crippen LogP contribution in [0, 0.1) is 0 Å². The van der Waals surface area contributed by atoms with Crippen molar-refractivity contribution in [2.75, 3.05) is 27.9 Å². The minimum atomic E-state index is -0.716. The Hall–Kier alpha value is -4.24. The number of aliphatic hydroxyl groups excluding tert-OH is 1. The van der Waals surface area contributed by atoms with Crippen molar-refractivity contribution in [3.63, 3.8) is 0 Å². The predicted molar refractivity (Wildman–Crippen MR) is 141 cm³/mol. The molecule has 2 aromatic heterocycles. The molecule has 0 spiro atoms. The summed E-state index contributed by atoms with van der Waals surface area (Å²) in [7, 11) is 4.63. The van der Waals surface area contributed by atoms with Crippen LogP contribution in [0.5, 0.6) is 17.2 Å². The maximum absolute atomic E-state index is 13.3. The number of H-pyrrole nitrogens is 1. The molecule has 1 aliphatic heterocycles. The summed E-state index contributed by atoms with van der Waals surface area (Å²) in [4.78, 5) is 32.1. The smallest absolute Gasteiger partial charge is 0.295 e. The molecule has 2 aromatic carbocycles. The largest absolute Gasteiger partial charge is 0.507 e. The van der Waals surface area contributed by atoms with Gasteiger partial charge in [0.15, 0.2) is 11.5 Å². The van der Waals surface area contributed by atoms with E-state index in [0.717, 1.165) is 27.1 Å². The van der Waals surface area contributed by atoms with Gasteiger partial charge in [0.2, 0.25) is 0 Å². The van der Waals surface area contributed by atoms with Crippen molar-refractivity contribution in [2.45, 2.75) is 12.5 Å². The Labute approximate surface area is 217 Å². The maximum atomic E-state index is 13.3. The van der Waals surface area contributed by atoms with E-state index in [1.54, 1.807) is 30.2 Å². The van der Waals surface area contributed by atoms with E-state index in [-0.39, 0.29) is 11.3 Å². The first-order chi connectivity index (χ1) is 18.0. The third-order valence-electron chi connectivity index (χ3n) is 6.61. The van der Waals surface area contributed by atoms with E-state index in [4.69, 9.17) is 14.2 Å². The normalized spacial score (nSPS) is 16.9. The van der Waals surface area contributed by atoms with Crippen LogP contribution in [0.2, 0.25) is 0 Å². The second kappa shape index (κ2) is 10.0. The number of nitrogens with zero attached hydrogens (tertiary/aromatic N) is 1. The van der Waals surface area contributed by atoms with Gasteiger partial charge < -0.3 is 29.2 Å². The van der Waals surface area contributed by atoms with E-state index in [9.17, 15) is 14.7 Å². The van der Waals surface area contributed by atoms with Crippen LogP contribution in [-0.4, -0.2) is 54.6 Å². The van der Waals surface area contributed by atoms with Gasteiger partial charge in [-0.1, -0.05) is 6.07 Å². The number of carbonyl (C=O) groups is 2. The van der Waals surface area contributed by atoms with Crippen molar-refractivity contribution in [3.05, 3.63) is 81.7 Å². The summed E-state index contributed by atoms with van der Waals surface area (Å²) in [6.07, 6.45) is 2.42. The van der Waals surface area contributed by atoms with Gasteiger partial charge in [0.05, 0.1) is 32.9 Å². The number of fused-ring (bicyclic) bond motifs is 1. The molecule has 0 bridgehead atoms. The van der Waals surface area contributed by atoms with E-state index >= 15 is 0 Å². The van der Waals surface area contributed by atoms with Crippen LogP contribution in [0.4, 0.5) is 0 Å². The first-order valence-corrected chi connectivity index (χ1v) is 12.5. The van der Waals surface area contributed by atoms with E-state index in [0.29, 0.717) is 30.0 Å². The van der Waals surface area contributed by atoms with E-state index in [1.807, 2.05) is 41.9 Å². The zero-order valence-corrected chi connectivity index (χ0v) is 21.4. The van der Waals surface area contributed by atoms with Gasteiger partial charge in [0.25, 0.3) is 11.7 Å². The molecule has 4 aromatic rings. The first-order valence-electron chi connectivity index (χ1n) is 11.6. The topological polar surface area (TPSA) is 101 Å². The number of aromatic amines is 1. The molecule has 37 heavy (non-hydrogen) atoms. The molecule has 3 heterocycles. The van der Waals surface area contributed by atoms with Crippen LogP contribution in [0.25, 0.3) is 16.7 Å². The second-order valence-electron chi connectivity index (χ2n) is 8.55. The van der Waals surface area contributed by atoms with Crippen molar-refractivity contribution >= 4 is 39.7 Å². The Balaban J connectivity index is 1.53. The Kier molecular flexibility index (Phi) is 6.62. The zero-order chi connectivity index (χ0) is 26.1. The average Bonchev–Trinajstić information content (AvgIpc) is 3.65. The summed E-state index contributed by atoms with van der Waals surface area (Å²) in [5.41, 5.74) is 2.38. The third kappa shape index (κ3) is 4.31. The molecule has 190 valence electrons. The van der Waals surface area contributed by atoms with Gasteiger partial charge in [-0.25, -0.2) is 0 Å². The summed E-state index contributed by atoms with van der Waals surface area (Å²) in [5.74, 6) is 0.0244. The maximum Gasteiger partial charge on any atom is 0.295 e. The second-order valence-corrected chi connectivity index (χ2v) is 9.53. The Bertz CT molecular complexity index is 1500. The number of aliphatic hydroxyl groups is 1. The van der Waals surface area contributed by atoms with Gasteiger partial charge in [-0.05, 0) is 59.8 Å². The number of nitrogens with one attached hydrogen (secondary N) is 1. The van der Waals surface area contributed by atoms with Gasteiger partial charge in [-0.2, -0.15) is 0 Å². The van der Waals surface area contributed by atoms with Gasteiger partial charge >= 0.3 is 0 Å². The molecule has 1 fully saturated rings. The number of hydrogen-bond donors (Lipinski definition) is 2. The highest BCUT2D eigenvalue weighted by molar-refractivity contribution is 7.10. The molecule has 1 amide bonds. The summed E-state index contributed by atoms with van der Waals surface area (Å²) in [5, 5.41) is 14.2. The lowest BCUT2D eigenvalue weighted by Crippen LogP contribution is -2.31. The Morgan fingerprint density at radius 2 is 1.84 bits per heavy atom. The monoisotopic (exact) mass is 518 g/mol. The first kappa shape index (κ1) is 24.5. The molecule has 0 unspecified atom stereocenters. The molecule has 1 saturated heterocycles. The minimum Gasteiger partial charge on any atom is -0.507 e. The molecule has 1 atom stereocenters. The van der Waals surface area contributed by atoms with Crippen LogP contribution < -0.4 is 14.2 Å². The summed E-state index contributed by atoms with van der Waals surface area (Å²) < 4.78 is 16.0. The number of Topliss-reactive ketones (excluding diaryl/α,β-unsaturated/α-hetero) is 1. The van der Waals surface area contributed by atoms with E-state index in [2.05, 4.69) is 4.98 Å². The molecular formula is C28H26N2O6S. The number of benzene rings is 2. The lowest BCUT2D eigenvalue weighted by atomic mass is 9.99. The molecule has 0 saturated carbocycles. The number of ether oxygens (including phenoxy) is 3. The number of carbonyl (C=O) groups excluding carboxylic acids is 2. The number of thiophene rings is 1. The summed E-state index contributed by atoms with van der Waals surface area (Å²) >= 11 is 1.43. The van der Waals surface area contributed by atoms with Crippen molar-refractivity contribution in [1.82, 2.24) is 9.88 Å². The van der Waals surface area contributed by atoms with Gasteiger partial charge in [0.1, 0.15) is 11.5 Å². The fraction of sp³-hybridized carbons (Fsp3) is 0.214. The molecule has 2 N–H and O–H groups in total. The van der Waals surface area contributed by atoms with Gasteiger partial charge in [-0.3, -0.25) is 9.59 Å². The molecule has 5 rings (SSSR count). The molecular weight excluding hydrogens is 492 g/mol. The molecule has 1 aliphatic rings. The molecule has 0 aliphatic carbocycles. The average molecular weight is 519 g/mol. The number of amides is 1. The van der Waals surface area contributed by atoms with Crippen molar-refractivity contribution in [1.29, 1.82) is 0 Å². The van der Waals surface area contributed by atoms with Crippen LogP contribution >= 0.6 is 11.3 Å². The zero-order valence-electron chi connectivity index (χ0n) is 20.6. The number of methoxy groups -OCH3 is 3. The van der Waals surface area contributed by atoms with Gasteiger partial charge in [0, 0.05) is 34.1 Å². The van der Waals surface area contributed by atoms with Crippen molar-refractivity contribution in [3.8, 4) is 17.2 Å². The van der Waals surface area contributed by atoms with E-state index < -0.39 is 17.7 Å². The number of ketones is 1. The lowest BCUT2D eigenvalue weighted by molar-refractivity contribution is -0.139.